The molecule has 2 rings (SSSR count). The quantitative estimate of drug-likeness (QED) is 0.605. The summed E-state index contributed by atoms with van der Waals surface area (Å²) >= 11 is 0. The number of benzene rings is 1. The number of ether oxygens (including phenoxy) is 2. The average Bonchev–Trinajstić information content (AvgIpc) is 2.71. The predicted molar refractivity (Wildman–Crippen MR) is 69.4 cm³/mol. The van der Waals surface area contributed by atoms with E-state index in [9.17, 15) is 4.79 Å². The smallest absolute Gasteiger partial charge is 0.363 e. The summed E-state index contributed by atoms with van der Waals surface area (Å²) in [6.07, 6.45) is 2.32. The zero-order valence-electron chi connectivity index (χ0n) is 10.5. The first-order chi connectivity index (χ1) is 8.72. The molecule has 1 aromatic rings. The predicted octanol–water partition coefficient (Wildman–Crippen LogP) is 2.79. The van der Waals surface area contributed by atoms with E-state index in [1.807, 2.05) is 38.1 Å². The molecular weight excluding hydrogens is 230 g/mol. The van der Waals surface area contributed by atoms with Crippen molar-refractivity contribution in [3.63, 3.8) is 0 Å². The zero-order chi connectivity index (χ0) is 13.0. The third-order valence-corrected chi connectivity index (χ3v) is 2.44. The second-order valence-electron chi connectivity index (χ2n) is 3.78. The van der Waals surface area contributed by atoms with Crippen LogP contribution in [0.25, 0.3) is 6.08 Å². The lowest BCUT2D eigenvalue weighted by Crippen LogP contribution is -2.02. The van der Waals surface area contributed by atoms with Crippen LogP contribution in [0.15, 0.2) is 35.0 Å². The lowest BCUT2D eigenvalue weighted by molar-refractivity contribution is -0.130. The van der Waals surface area contributed by atoms with Crippen molar-refractivity contribution >= 4 is 17.9 Å². The molecule has 1 aliphatic rings. The van der Waals surface area contributed by atoms with Gasteiger partial charge in [-0.1, -0.05) is 19.1 Å². The first kappa shape index (κ1) is 12.4. The summed E-state index contributed by atoms with van der Waals surface area (Å²) in [4.78, 5) is 15.6. The highest BCUT2D eigenvalue weighted by Gasteiger charge is 2.21. The number of aliphatic imine (C=N–C) groups is 1. The zero-order valence-corrected chi connectivity index (χ0v) is 10.5. The Labute approximate surface area is 106 Å². The summed E-state index contributed by atoms with van der Waals surface area (Å²) in [6, 6.07) is 7.51. The van der Waals surface area contributed by atoms with E-state index in [2.05, 4.69) is 4.99 Å². The van der Waals surface area contributed by atoms with E-state index < -0.39 is 5.97 Å². The van der Waals surface area contributed by atoms with Gasteiger partial charge in [0.2, 0.25) is 0 Å². The van der Waals surface area contributed by atoms with Crippen molar-refractivity contribution in [1.82, 2.24) is 0 Å². The van der Waals surface area contributed by atoms with E-state index >= 15 is 0 Å². The molecule has 0 radical (unpaired) electrons. The maximum Gasteiger partial charge on any atom is 0.363 e. The fourth-order valence-electron chi connectivity index (χ4n) is 1.62. The number of hydrogen-bond acceptors (Lipinski definition) is 4. The Kier molecular flexibility index (Phi) is 3.77. The van der Waals surface area contributed by atoms with Gasteiger partial charge in [0.25, 0.3) is 0 Å². The molecular formula is C14H15NO3. The van der Waals surface area contributed by atoms with Crippen molar-refractivity contribution in [3.05, 3.63) is 35.5 Å². The number of hydrogen-bond donors (Lipinski definition) is 0. The highest BCUT2D eigenvalue weighted by atomic mass is 16.6. The molecule has 1 aromatic carbocycles. The molecule has 1 aliphatic heterocycles. The van der Waals surface area contributed by atoms with Crippen molar-refractivity contribution in [1.29, 1.82) is 0 Å². The number of cyclic esters (lactones) is 1. The second-order valence-corrected chi connectivity index (χ2v) is 3.78. The minimum absolute atomic E-state index is 0.334. The molecule has 0 atom stereocenters. The Morgan fingerprint density at radius 2 is 2.22 bits per heavy atom. The molecule has 0 unspecified atom stereocenters. The summed E-state index contributed by atoms with van der Waals surface area (Å²) in [7, 11) is 0. The first-order valence-electron chi connectivity index (χ1n) is 5.97. The fourth-order valence-corrected chi connectivity index (χ4v) is 1.62. The van der Waals surface area contributed by atoms with Gasteiger partial charge in [0.1, 0.15) is 5.75 Å². The Hall–Kier alpha value is -2.10. The molecule has 0 saturated heterocycles. The summed E-state index contributed by atoms with van der Waals surface area (Å²) < 4.78 is 10.4. The number of esters is 1. The maximum atomic E-state index is 11.5. The lowest BCUT2D eigenvalue weighted by atomic mass is 10.2. The molecule has 4 nitrogen and oxygen atoms in total. The number of rotatable bonds is 4. The molecule has 1 heterocycles. The Balaban J connectivity index is 2.25. The van der Waals surface area contributed by atoms with Crippen molar-refractivity contribution in [2.45, 2.75) is 20.3 Å². The Morgan fingerprint density at radius 1 is 1.39 bits per heavy atom. The number of carbonyl (C=O) groups excluding carboxylic acids is 1. The van der Waals surface area contributed by atoms with Crippen molar-refractivity contribution in [2.24, 2.45) is 4.99 Å². The van der Waals surface area contributed by atoms with Gasteiger partial charge in [-0.25, -0.2) is 9.79 Å². The minimum atomic E-state index is -0.395. The van der Waals surface area contributed by atoms with Crippen LogP contribution in [0.1, 0.15) is 25.8 Å². The summed E-state index contributed by atoms with van der Waals surface area (Å²) in [5, 5.41) is 0. The summed E-state index contributed by atoms with van der Waals surface area (Å²) in [6.45, 7) is 4.43. The van der Waals surface area contributed by atoms with E-state index in [0.29, 0.717) is 24.6 Å². The fraction of sp³-hybridized carbons (Fsp3) is 0.286. The van der Waals surface area contributed by atoms with Crippen LogP contribution in [-0.2, 0) is 9.53 Å². The van der Waals surface area contributed by atoms with Crippen LogP contribution in [0.5, 0.6) is 5.75 Å². The van der Waals surface area contributed by atoms with Gasteiger partial charge in [0.05, 0.1) is 6.61 Å². The average molecular weight is 245 g/mol. The van der Waals surface area contributed by atoms with Crippen LogP contribution in [0.3, 0.4) is 0 Å². The van der Waals surface area contributed by atoms with E-state index in [1.165, 1.54) is 0 Å². The van der Waals surface area contributed by atoms with Crippen LogP contribution in [0.2, 0.25) is 0 Å². The molecule has 0 aliphatic carbocycles. The van der Waals surface area contributed by atoms with Crippen LogP contribution in [0.4, 0.5) is 0 Å². The van der Waals surface area contributed by atoms with Gasteiger partial charge in [-0.2, -0.15) is 0 Å². The molecule has 94 valence electrons. The normalized spacial score (nSPS) is 16.7. The Morgan fingerprint density at radius 3 is 2.89 bits per heavy atom. The third kappa shape index (κ3) is 2.77. The molecule has 0 amide bonds. The van der Waals surface area contributed by atoms with E-state index in [4.69, 9.17) is 9.47 Å². The van der Waals surface area contributed by atoms with Crippen LogP contribution < -0.4 is 4.74 Å². The first-order valence-corrected chi connectivity index (χ1v) is 5.97. The maximum absolute atomic E-state index is 11.5. The van der Waals surface area contributed by atoms with Crippen LogP contribution in [-0.4, -0.2) is 18.5 Å². The number of carbonyl (C=O) groups is 1. The summed E-state index contributed by atoms with van der Waals surface area (Å²) in [5.74, 6) is 0.846. The van der Waals surface area contributed by atoms with E-state index in [0.717, 1.165) is 11.3 Å². The lowest BCUT2D eigenvalue weighted by Gasteiger charge is -2.03. The molecule has 0 fully saturated rings. The standard InChI is InChI=1S/C14H15NO3/c1-3-13-15-12(14(16)18-13)9-10-6-5-7-11(8-10)17-4-2/h5-9H,3-4H2,1-2H3/b12-9+. The van der Waals surface area contributed by atoms with Gasteiger partial charge in [-0.15, -0.1) is 0 Å². The SMILES string of the molecule is CCOc1cccc(/C=C2/N=C(CC)OC2=O)c1. The van der Waals surface area contributed by atoms with E-state index in [1.54, 1.807) is 6.08 Å². The highest BCUT2D eigenvalue weighted by molar-refractivity contribution is 6.07. The molecule has 0 spiro atoms. The summed E-state index contributed by atoms with van der Waals surface area (Å²) in [5.41, 5.74) is 1.20. The largest absolute Gasteiger partial charge is 0.494 e. The van der Waals surface area contributed by atoms with Gasteiger partial charge in [-0.3, -0.25) is 0 Å². The second kappa shape index (κ2) is 5.49. The molecule has 0 saturated carbocycles. The molecule has 0 N–H and O–H groups in total. The van der Waals surface area contributed by atoms with Gasteiger partial charge >= 0.3 is 5.97 Å². The van der Waals surface area contributed by atoms with Gasteiger partial charge in [-0.05, 0) is 30.7 Å². The molecule has 0 bridgehead atoms. The highest BCUT2D eigenvalue weighted by Crippen LogP contribution is 2.19. The van der Waals surface area contributed by atoms with Gasteiger partial charge < -0.3 is 9.47 Å². The van der Waals surface area contributed by atoms with Crippen molar-refractivity contribution < 1.29 is 14.3 Å². The molecule has 4 heteroatoms. The van der Waals surface area contributed by atoms with Crippen LogP contribution in [0, 0.1) is 0 Å². The van der Waals surface area contributed by atoms with Crippen molar-refractivity contribution in [3.8, 4) is 5.75 Å². The number of nitrogens with zero attached hydrogens (tertiary/aromatic N) is 1. The monoisotopic (exact) mass is 245 g/mol. The Bertz CT molecular complexity index is 518. The third-order valence-electron chi connectivity index (χ3n) is 2.44. The molecule has 18 heavy (non-hydrogen) atoms. The van der Waals surface area contributed by atoms with Gasteiger partial charge in [0, 0.05) is 6.42 Å². The van der Waals surface area contributed by atoms with E-state index in [-0.39, 0.29) is 0 Å². The van der Waals surface area contributed by atoms with Crippen molar-refractivity contribution in [2.75, 3.05) is 6.61 Å². The topological polar surface area (TPSA) is 47.9 Å². The van der Waals surface area contributed by atoms with Crippen LogP contribution >= 0.6 is 0 Å². The van der Waals surface area contributed by atoms with Gasteiger partial charge in [0.15, 0.2) is 11.6 Å². The molecule has 0 aromatic heterocycles. The minimum Gasteiger partial charge on any atom is -0.494 e.